The number of fused-ring (bicyclic) bond motifs is 5. The maximum absolute atomic E-state index is 12.2. The highest BCUT2D eigenvalue weighted by Gasteiger charge is 2.24. The third-order valence-corrected chi connectivity index (χ3v) is 5.18. The molecule has 5 rings (SSSR count). The monoisotopic (exact) mass is 364 g/mol. The number of hydrogen-bond acceptors (Lipinski definition) is 6. The number of nitrogens with zero attached hydrogens (tertiary/aromatic N) is 4. The first kappa shape index (κ1) is 14.8. The summed E-state index contributed by atoms with van der Waals surface area (Å²) in [6.07, 6.45) is 3.31. The number of benzene rings is 1. The van der Waals surface area contributed by atoms with Crippen molar-refractivity contribution in [3.63, 3.8) is 0 Å². The number of aromatic nitrogens is 5. The van der Waals surface area contributed by atoms with E-state index in [-0.39, 0.29) is 11.3 Å². The van der Waals surface area contributed by atoms with E-state index in [1.807, 2.05) is 12.3 Å². The molecule has 0 saturated heterocycles. The number of phenolic OH excluding ortho intramolecular Hbond substituents is 1. The highest BCUT2D eigenvalue weighted by Crippen LogP contribution is 2.34. The summed E-state index contributed by atoms with van der Waals surface area (Å²) in [5.74, 6) is -0.531. The fourth-order valence-electron chi connectivity index (χ4n) is 3.28. The van der Waals surface area contributed by atoms with E-state index in [4.69, 9.17) is 5.73 Å². The lowest BCUT2D eigenvalue weighted by Crippen LogP contribution is -2.11. The highest BCUT2D eigenvalue weighted by atomic mass is 32.1. The van der Waals surface area contributed by atoms with Gasteiger partial charge < -0.3 is 15.8 Å². The van der Waals surface area contributed by atoms with Gasteiger partial charge in [-0.15, -0.1) is 11.3 Å². The molecule has 5 aromatic rings. The number of thiazole rings is 1. The smallest absolute Gasteiger partial charge is 0.254 e. The predicted octanol–water partition coefficient (Wildman–Crippen LogP) is 2.60. The van der Waals surface area contributed by atoms with Crippen LogP contribution >= 0.6 is 11.3 Å². The first-order valence-corrected chi connectivity index (χ1v) is 8.65. The Morgan fingerprint density at radius 1 is 1.35 bits per heavy atom. The second-order valence-corrected chi connectivity index (χ2v) is 6.83. The van der Waals surface area contributed by atoms with E-state index in [0.717, 1.165) is 11.1 Å². The largest absolute Gasteiger partial charge is 0.506 e. The van der Waals surface area contributed by atoms with Gasteiger partial charge in [-0.2, -0.15) is 0 Å². The molecule has 26 heavy (non-hydrogen) atoms. The van der Waals surface area contributed by atoms with Crippen LogP contribution in [-0.4, -0.2) is 35.4 Å². The summed E-state index contributed by atoms with van der Waals surface area (Å²) in [6.45, 7) is 1.92. The van der Waals surface area contributed by atoms with Crippen molar-refractivity contribution in [1.29, 1.82) is 0 Å². The Kier molecular flexibility index (Phi) is 2.87. The number of aromatic amines is 1. The number of primary amides is 1. The molecule has 4 heterocycles. The molecule has 4 N–H and O–H groups in total. The molecule has 1 aromatic carbocycles. The maximum Gasteiger partial charge on any atom is 0.254 e. The molecule has 0 aliphatic carbocycles. The fourth-order valence-corrected chi connectivity index (χ4v) is 3.87. The van der Waals surface area contributed by atoms with E-state index in [1.54, 1.807) is 28.9 Å². The molecule has 4 aromatic heterocycles. The SMILES string of the molecule is Cc1ccc(O)c2[nH]c3c(C(N)=O)c4nc(-c5nccs5)cnc4n3c12. The number of hydrogen-bond donors (Lipinski definition) is 3. The number of carbonyl (C=O) groups is 1. The topological polar surface area (TPSA) is 122 Å². The van der Waals surface area contributed by atoms with Gasteiger partial charge in [0, 0.05) is 11.6 Å². The molecule has 0 aliphatic heterocycles. The van der Waals surface area contributed by atoms with Crippen molar-refractivity contribution in [2.24, 2.45) is 5.73 Å². The summed E-state index contributed by atoms with van der Waals surface area (Å²) in [6, 6.07) is 3.41. The van der Waals surface area contributed by atoms with Crippen molar-refractivity contribution < 1.29 is 9.90 Å². The van der Waals surface area contributed by atoms with E-state index in [2.05, 4.69) is 19.9 Å². The summed E-state index contributed by atoms with van der Waals surface area (Å²) < 4.78 is 1.78. The van der Waals surface area contributed by atoms with Crippen LogP contribution in [0.2, 0.25) is 0 Å². The molecule has 0 bridgehead atoms. The van der Waals surface area contributed by atoms with Crippen LogP contribution < -0.4 is 5.73 Å². The van der Waals surface area contributed by atoms with E-state index in [0.29, 0.717) is 33.0 Å². The zero-order chi connectivity index (χ0) is 18.0. The lowest BCUT2D eigenvalue weighted by atomic mass is 10.2. The zero-order valence-corrected chi connectivity index (χ0v) is 14.3. The standard InChI is InChI=1S/C17H12N6O2S/c1-7-2-3-9(24)11-13(7)23-15(22-11)10(14(18)25)12-16(23)20-6-8(21-12)17-19-4-5-26-17/h2-6,22,24H,1H3,(H2,18,25). The first-order chi connectivity index (χ1) is 12.6. The summed E-state index contributed by atoms with van der Waals surface area (Å²) in [7, 11) is 0. The van der Waals surface area contributed by atoms with E-state index >= 15 is 0 Å². The van der Waals surface area contributed by atoms with E-state index < -0.39 is 5.91 Å². The van der Waals surface area contributed by atoms with Gasteiger partial charge in [-0.05, 0) is 18.6 Å². The molecule has 1 amide bonds. The zero-order valence-electron chi connectivity index (χ0n) is 13.5. The maximum atomic E-state index is 12.2. The number of H-pyrrole nitrogens is 1. The van der Waals surface area contributed by atoms with Gasteiger partial charge in [0.2, 0.25) is 0 Å². The van der Waals surface area contributed by atoms with E-state index in [1.165, 1.54) is 11.3 Å². The number of imidazole rings is 1. The molecule has 0 radical (unpaired) electrons. The van der Waals surface area contributed by atoms with Crippen molar-refractivity contribution in [2.75, 3.05) is 0 Å². The summed E-state index contributed by atoms with van der Waals surface area (Å²) in [5, 5.41) is 12.7. The summed E-state index contributed by atoms with van der Waals surface area (Å²) in [5.41, 5.74) is 9.99. The molecule has 0 fully saturated rings. The van der Waals surface area contributed by atoms with Crippen molar-refractivity contribution in [2.45, 2.75) is 6.92 Å². The Bertz CT molecular complexity index is 1330. The highest BCUT2D eigenvalue weighted by molar-refractivity contribution is 7.13. The molecule has 0 unspecified atom stereocenters. The number of rotatable bonds is 2. The van der Waals surface area contributed by atoms with Crippen LogP contribution in [-0.2, 0) is 0 Å². The Hall–Kier alpha value is -3.46. The number of aromatic hydroxyl groups is 1. The Balaban J connectivity index is 1.99. The molecule has 128 valence electrons. The fraction of sp³-hybridized carbons (Fsp3) is 0.0588. The second-order valence-electron chi connectivity index (χ2n) is 5.94. The number of aryl methyl sites for hydroxylation is 1. The van der Waals surface area contributed by atoms with Crippen molar-refractivity contribution in [3.8, 4) is 16.5 Å². The van der Waals surface area contributed by atoms with Crippen LogP contribution in [0.4, 0.5) is 0 Å². The molecule has 0 saturated carbocycles. The van der Waals surface area contributed by atoms with Crippen molar-refractivity contribution in [3.05, 3.63) is 41.0 Å². The van der Waals surface area contributed by atoms with Crippen molar-refractivity contribution in [1.82, 2.24) is 24.3 Å². The van der Waals surface area contributed by atoms with Crippen LogP contribution in [0, 0.1) is 6.92 Å². The normalized spacial score (nSPS) is 11.7. The van der Waals surface area contributed by atoms with Gasteiger partial charge in [-0.25, -0.2) is 15.0 Å². The van der Waals surface area contributed by atoms with Gasteiger partial charge >= 0.3 is 0 Å². The predicted molar refractivity (Wildman–Crippen MR) is 98.4 cm³/mol. The number of amides is 1. The second kappa shape index (κ2) is 5.02. The third kappa shape index (κ3) is 1.83. The van der Waals surface area contributed by atoms with E-state index in [9.17, 15) is 9.90 Å². The van der Waals surface area contributed by atoms with Crippen LogP contribution in [0.25, 0.3) is 38.5 Å². The van der Waals surface area contributed by atoms with Crippen LogP contribution in [0.3, 0.4) is 0 Å². The molecular weight excluding hydrogens is 352 g/mol. The molecule has 0 spiro atoms. The van der Waals surface area contributed by atoms with Gasteiger partial charge in [-0.1, -0.05) is 6.07 Å². The Morgan fingerprint density at radius 2 is 2.19 bits per heavy atom. The lowest BCUT2D eigenvalue weighted by Gasteiger charge is -2.01. The first-order valence-electron chi connectivity index (χ1n) is 7.77. The average molecular weight is 364 g/mol. The number of carbonyl (C=O) groups excluding carboxylic acids is 1. The quantitative estimate of drug-likeness (QED) is 0.444. The number of phenols is 1. The number of nitrogens with one attached hydrogen (secondary N) is 1. The van der Waals surface area contributed by atoms with Crippen LogP contribution in [0.15, 0.2) is 29.9 Å². The minimum atomic E-state index is -0.619. The van der Waals surface area contributed by atoms with Gasteiger partial charge in [0.15, 0.2) is 5.65 Å². The minimum absolute atomic E-state index is 0.0882. The summed E-state index contributed by atoms with van der Waals surface area (Å²) >= 11 is 1.44. The van der Waals surface area contributed by atoms with Gasteiger partial charge in [0.1, 0.15) is 38.7 Å². The van der Waals surface area contributed by atoms with Gasteiger partial charge in [-0.3, -0.25) is 9.20 Å². The van der Waals surface area contributed by atoms with Gasteiger partial charge in [0.25, 0.3) is 5.91 Å². The van der Waals surface area contributed by atoms with Crippen LogP contribution in [0.1, 0.15) is 15.9 Å². The molecule has 0 atom stereocenters. The Labute approximate surface area is 150 Å². The van der Waals surface area contributed by atoms with Gasteiger partial charge in [0.05, 0.1) is 11.7 Å². The van der Waals surface area contributed by atoms with Crippen LogP contribution in [0.5, 0.6) is 5.75 Å². The van der Waals surface area contributed by atoms with Crippen molar-refractivity contribution >= 4 is 45.1 Å². The molecule has 8 nitrogen and oxygen atoms in total. The molecular formula is C17H12N6O2S. The average Bonchev–Trinajstić information content (AvgIpc) is 3.31. The third-order valence-electron chi connectivity index (χ3n) is 4.38. The molecule has 0 aliphatic rings. The molecule has 9 heteroatoms. The summed E-state index contributed by atoms with van der Waals surface area (Å²) in [4.78, 5) is 28.6. The number of nitrogens with two attached hydrogens (primary N) is 1. The minimum Gasteiger partial charge on any atom is -0.506 e. The lowest BCUT2D eigenvalue weighted by molar-refractivity contribution is 0.100. The Morgan fingerprint density at radius 3 is 2.92 bits per heavy atom.